The molecule has 148 valence electrons. The van der Waals surface area contributed by atoms with Gasteiger partial charge in [-0.1, -0.05) is 18.2 Å². The maximum atomic E-state index is 12.6. The third kappa shape index (κ3) is 5.61. The number of para-hydroxylation sites is 1. The fraction of sp³-hybridized carbons (Fsp3) is 0.273. The van der Waals surface area contributed by atoms with E-state index >= 15 is 0 Å². The molecule has 0 bridgehead atoms. The van der Waals surface area contributed by atoms with E-state index in [4.69, 9.17) is 14.2 Å². The van der Waals surface area contributed by atoms with Gasteiger partial charge in [-0.25, -0.2) is 4.79 Å². The average Bonchev–Trinajstić information content (AvgIpc) is 2.73. The summed E-state index contributed by atoms with van der Waals surface area (Å²) in [5.41, 5.74) is 1.48. The molecule has 0 aromatic heterocycles. The number of esters is 1. The Balaban J connectivity index is 2.03. The van der Waals surface area contributed by atoms with E-state index in [1.165, 1.54) is 6.08 Å². The van der Waals surface area contributed by atoms with E-state index in [2.05, 4.69) is 0 Å². The van der Waals surface area contributed by atoms with Crippen LogP contribution in [0.4, 0.5) is 5.69 Å². The first-order valence-electron chi connectivity index (χ1n) is 8.96. The fourth-order valence-electron chi connectivity index (χ4n) is 2.65. The lowest BCUT2D eigenvalue weighted by molar-refractivity contribution is -0.149. The first-order chi connectivity index (χ1) is 13.5. The molecule has 2 rings (SSSR count). The van der Waals surface area contributed by atoms with Crippen LogP contribution < -0.4 is 14.4 Å². The number of amides is 1. The molecule has 2 aromatic rings. The smallest absolute Gasteiger partial charge is 0.331 e. The lowest BCUT2D eigenvalue weighted by Crippen LogP contribution is -2.39. The molecule has 0 radical (unpaired) electrons. The molecule has 0 fully saturated rings. The Morgan fingerprint density at radius 3 is 2.18 bits per heavy atom. The van der Waals surface area contributed by atoms with E-state index in [1.807, 2.05) is 37.3 Å². The summed E-state index contributed by atoms with van der Waals surface area (Å²) in [6.07, 6.45) is 1.95. The molecule has 0 saturated heterocycles. The normalized spacial score (nSPS) is 11.7. The molecule has 1 amide bonds. The predicted molar refractivity (Wildman–Crippen MR) is 109 cm³/mol. The van der Waals surface area contributed by atoms with Crippen LogP contribution in [-0.4, -0.2) is 38.7 Å². The van der Waals surface area contributed by atoms with Gasteiger partial charge in [0.05, 0.1) is 14.2 Å². The average molecular weight is 383 g/mol. The van der Waals surface area contributed by atoms with Crippen LogP contribution in [0.2, 0.25) is 0 Å². The van der Waals surface area contributed by atoms with Crippen LogP contribution >= 0.6 is 0 Å². The minimum absolute atomic E-state index is 0.279. The number of carbonyl (C=O) groups excluding carboxylic acids is 2. The molecule has 2 aromatic carbocycles. The molecule has 0 heterocycles. The molecule has 0 aliphatic heterocycles. The van der Waals surface area contributed by atoms with Crippen molar-refractivity contribution in [3.05, 3.63) is 60.2 Å². The molecule has 6 nitrogen and oxygen atoms in total. The molecular weight excluding hydrogens is 358 g/mol. The number of likely N-dealkylation sites (N-methyl/N-ethyl adjacent to an activating group) is 1. The summed E-state index contributed by atoms with van der Waals surface area (Å²) in [5.74, 6) is 0.333. The number of hydrogen-bond acceptors (Lipinski definition) is 5. The third-order valence-corrected chi connectivity index (χ3v) is 4.08. The van der Waals surface area contributed by atoms with Crippen LogP contribution in [0.1, 0.15) is 19.4 Å². The minimum Gasteiger partial charge on any atom is -0.497 e. The van der Waals surface area contributed by atoms with E-state index in [1.54, 1.807) is 50.3 Å². The topological polar surface area (TPSA) is 65.1 Å². The maximum Gasteiger partial charge on any atom is 0.331 e. The fourth-order valence-corrected chi connectivity index (χ4v) is 2.65. The number of carbonyl (C=O) groups is 2. The van der Waals surface area contributed by atoms with Gasteiger partial charge >= 0.3 is 5.97 Å². The van der Waals surface area contributed by atoms with Gasteiger partial charge in [0.25, 0.3) is 5.91 Å². The standard InChI is InChI=1S/C22H25NO5/c1-5-23(18-9-7-6-8-10-18)22(25)16(2)28-21(24)12-11-17-13-19(26-3)15-20(14-17)27-4/h6-16H,5H2,1-4H3/b12-11+/t16-/m0/s1. The largest absolute Gasteiger partial charge is 0.497 e. The van der Waals surface area contributed by atoms with Crippen molar-refractivity contribution >= 4 is 23.6 Å². The highest BCUT2D eigenvalue weighted by molar-refractivity contribution is 5.98. The maximum absolute atomic E-state index is 12.6. The zero-order chi connectivity index (χ0) is 20.5. The van der Waals surface area contributed by atoms with Crippen molar-refractivity contribution in [1.82, 2.24) is 0 Å². The SMILES string of the molecule is CCN(C(=O)[C@H](C)OC(=O)/C=C/c1cc(OC)cc(OC)c1)c1ccccc1. The second-order valence-electron chi connectivity index (χ2n) is 5.98. The molecule has 0 aliphatic carbocycles. The Labute approximate surface area is 165 Å². The summed E-state index contributed by atoms with van der Waals surface area (Å²) < 4.78 is 15.7. The number of methoxy groups -OCH3 is 2. The van der Waals surface area contributed by atoms with Gasteiger partial charge in [-0.3, -0.25) is 4.79 Å². The van der Waals surface area contributed by atoms with Crippen molar-refractivity contribution in [2.45, 2.75) is 20.0 Å². The van der Waals surface area contributed by atoms with Crippen molar-refractivity contribution in [1.29, 1.82) is 0 Å². The number of benzene rings is 2. The number of hydrogen-bond donors (Lipinski definition) is 0. The highest BCUT2D eigenvalue weighted by atomic mass is 16.5. The number of anilines is 1. The molecule has 0 spiro atoms. The predicted octanol–water partition coefficient (Wildman–Crippen LogP) is 3.70. The summed E-state index contributed by atoms with van der Waals surface area (Å²) in [6, 6.07) is 14.5. The van der Waals surface area contributed by atoms with E-state index in [9.17, 15) is 9.59 Å². The summed E-state index contributed by atoms with van der Waals surface area (Å²) in [7, 11) is 3.10. The molecule has 0 aliphatic rings. The van der Waals surface area contributed by atoms with Crippen LogP contribution in [0, 0.1) is 0 Å². The lowest BCUT2D eigenvalue weighted by Gasteiger charge is -2.24. The van der Waals surface area contributed by atoms with Gasteiger partial charge in [0.2, 0.25) is 0 Å². The van der Waals surface area contributed by atoms with Gasteiger partial charge < -0.3 is 19.1 Å². The van der Waals surface area contributed by atoms with Gasteiger partial charge in [0.1, 0.15) is 11.5 Å². The molecule has 0 saturated carbocycles. The summed E-state index contributed by atoms with van der Waals surface area (Å²) in [6.45, 7) is 3.91. The molecular formula is C22H25NO5. The lowest BCUT2D eigenvalue weighted by atomic mass is 10.2. The van der Waals surface area contributed by atoms with Crippen LogP contribution in [0.25, 0.3) is 6.08 Å². The van der Waals surface area contributed by atoms with Gasteiger partial charge in [-0.05, 0) is 49.8 Å². The van der Waals surface area contributed by atoms with Gasteiger partial charge in [0, 0.05) is 24.4 Å². The van der Waals surface area contributed by atoms with Crippen LogP contribution in [-0.2, 0) is 14.3 Å². The van der Waals surface area contributed by atoms with Gasteiger partial charge in [0.15, 0.2) is 6.10 Å². The first kappa shape index (κ1) is 21.0. The van der Waals surface area contributed by atoms with Crippen molar-refractivity contribution in [3.63, 3.8) is 0 Å². The molecule has 0 N–H and O–H groups in total. The van der Waals surface area contributed by atoms with Gasteiger partial charge in [-0.2, -0.15) is 0 Å². The van der Waals surface area contributed by atoms with Crippen LogP contribution in [0.15, 0.2) is 54.6 Å². The quantitative estimate of drug-likeness (QED) is 0.514. The van der Waals surface area contributed by atoms with Crippen molar-refractivity contribution in [2.75, 3.05) is 25.7 Å². The molecule has 0 unspecified atom stereocenters. The van der Waals surface area contributed by atoms with Crippen molar-refractivity contribution in [2.24, 2.45) is 0 Å². The zero-order valence-electron chi connectivity index (χ0n) is 16.5. The summed E-state index contributed by atoms with van der Waals surface area (Å²) in [5, 5.41) is 0. The highest BCUT2D eigenvalue weighted by Gasteiger charge is 2.23. The number of rotatable bonds is 8. The Kier molecular flexibility index (Phi) is 7.63. The van der Waals surface area contributed by atoms with E-state index in [0.717, 1.165) is 5.69 Å². The Morgan fingerprint density at radius 1 is 1.04 bits per heavy atom. The molecule has 1 atom stereocenters. The van der Waals surface area contributed by atoms with Crippen LogP contribution in [0.3, 0.4) is 0 Å². The van der Waals surface area contributed by atoms with Gasteiger partial charge in [-0.15, -0.1) is 0 Å². The minimum atomic E-state index is -0.905. The van der Waals surface area contributed by atoms with Crippen molar-refractivity contribution < 1.29 is 23.8 Å². The molecule has 28 heavy (non-hydrogen) atoms. The van der Waals surface area contributed by atoms with E-state index < -0.39 is 12.1 Å². The first-order valence-corrected chi connectivity index (χ1v) is 8.96. The zero-order valence-corrected chi connectivity index (χ0v) is 16.5. The highest BCUT2D eigenvalue weighted by Crippen LogP contribution is 2.23. The Bertz CT molecular complexity index is 810. The van der Waals surface area contributed by atoms with Crippen LogP contribution in [0.5, 0.6) is 11.5 Å². The summed E-state index contributed by atoms with van der Waals surface area (Å²) >= 11 is 0. The third-order valence-electron chi connectivity index (χ3n) is 4.08. The van der Waals surface area contributed by atoms with Crippen molar-refractivity contribution in [3.8, 4) is 11.5 Å². The van der Waals surface area contributed by atoms with E-state index in [-0.39, 0.29) is 5.91 Å². The Hall–Kier alpha value is -3.28. The summed E-state index contributed by atoms with van der Waals surface area (Å²) in [4.78, 5) is 26.4. The number of nitrogens with zero attached hydrogens (tertiary/aromatic N) is 1. The Morgan fingerprint density at radius 2 is 1.64 bits per heavy atom. The second kappa shape index (κ2) is 10.2. The van der Waals surface area contributed by atoms with E-state index in [0.29, 0.717) is 23.6 Å². The number of ether oxygens (including phenoxy) is 3. The monoisotopic (exact) mass is 383 g/mol. The second-order valence-corrected chi connectivity index (χ2v) is 5.98. The molecule has 6 heteroatoms.